The van der Waals surface area contributed by atoms with Gasteiger partial charge in [0.05, 0.1) is 0 Å². The molecule has 0 bridgehead atoms. The Morgan fingerprint density at radius 3 is 2.32 bits per heavy atom. The van der Waals surface area contributed by atoms with Crippen LogP contribution < -0.4 is 5.32 Å². The number of nitrogens with one attached hydrogen (secondary N) is 1. The van der Waals surface area contributed by atoms with E-state index >= 15 is 0 Å². The summed E-state index contributed by atoms with van der Waals surface area (Å²) in [6.45, 7) is 7.96. The molecule has 0 atom stereocenters. The number of nitrogens with zero attached hydrogens (tertiary/aromatic N) is 1. The number of carbonyl (C=O) groups is 2. The van der Waals surface area contributed by atoms with Crippen LogP contribution in [0.2, 0.25) is 0 Å². The smallest absolute Gasteiger partial charge is 0.410 e. The average molecular weight is 306 g/mol. The van der Waals surface area contributed by atoms with E-state index in [1.54, 1.807) is 7.05 Å². The molecule has 2 amide bonds. The molecule has 5 heteroatoms. The zero-order chi connectivity index (χ0) is 16.8. The first-order chi connectivity index (χ1) is 10.2. The van der Waals surface area contributed by atoms with Crippen molar-refractivity contribution in [1.82, 2.24) is 4.90 Å². The number of amides is 2. The lowest BCUT2D eigenvalue weighted by Crippen LogP contribution is -2.35. The number of carbonyl (C=O) groups excluding carboxylic acids is 2. The van der Waals surface area contributed by atoms with Crippen molar-refractivity contribution in [2.75, 3.05) is 18.9 Å². The van der Waals surface area contributed by atoms with Crippen LogP contribution in [0.1, 0.15) is 39.2 Å². The van der Waals surface area contributed by atoms with Gasteiger partial charge in [0.1, 0.15) is 5.60 Å². The molecule has 0 saturated heterocycles. The Labute approximate surface area is 132 Å². The number of hydrogen-bond acceptors (Lipinski definition) is 3. The molecule has 1 aromatic carbocycles. The van der Waals surface area contributed by atoms with Crippen molar-refractivity contribution >= 4 is 17.7 Å². The largest absolute Gasteiger partial charge is 0.444 e. The standard InChI is InChI=1S/C17H26N2O3/c1-13-8-10-14(11-9-13)18-15(20)7-6-12-19(5)16(21)22-17(2,3)4/h8-11H,6-7,12H2,1-5H3,(H,18,20). The van der Waals surface area contributed by atoms with Crippen LogP contribution in [0.25, 0.3) is 0 Å². The number of aryl methyl sites for hydroxylation is 1. The van der Waals surface area contributed by atoms with E-state index in [1.807, 2.05) is 52.0 Å². The van der Waals surface area contributed by atoms with Gasteiger partial charge in [-0.15, -0.1) is 0 Å². The molecule has 0 aliphatic carbocycles. The molecule has 0 aromatic heterocycles. The highest BCUT2D eigenvalue weighted by Gasteiger charge is 2.19. The highest BCUT2D eigenvalue weighted by atomic mass is 16.6. The highest BCUT2D eigenvalue weighted by Crippen LogP contribution is 2.11. The van der Waals surface area contributed by atoms with Crippen LogP contribution in [0.15, 0.2) is 24.3 Å². The minimum Gasteiger partial charge on any atom is -0.444 e. The lowest BCUT2D eigenvalue weighted by atomic mass is 10.2. The molecule has 1 aromatic rings. The van der Waals surface area contributed by atoms with Crippen LogP contribution in [0.3, 0.4) is 0 Å². The summed E-state index contributed by atoms with van der Waals surface area (Å²) in [5.74, 6) is -0.0542. The van der Waals surface area contributed by atoms with Crippen LogP contribution in [0.5, 0.6) is 0 Å². The van der Waals surface area contributed by atoms with Crippen molar-refractivity contribution in [2.24, 2.45) is 0 Å². The summed E-state index contributed by atoms with van der Waals surface area (Å²) in [5.41, 5.74) is 1.43. The number of benzene rings is 1. The van der Waals surface area contributed by atoms with Crippen molar-refractivity contribution < 1.29 is 14.3 Å². The van der Waals surface area contributed by atoms with Crippen molar-refractivity contribution in [3.05, 3.63) is 29.8 Å². The summed E-state index contributed by atoms with van der Waals surface area (Å²) in [4.78, 5) is 25.1. The van der Waals surface area contributed by atoms with Gasteiger partial charge in [-0.25, -0.2) is 4.79 Å². The third-order valence-corrected chi connectivity index (χ3v) is 2.94. The van der Waals surface area contributed by atoms with E-state index in [4.69, 9.17) is 4.74 Å². The Morgan fingerprint density at radius 1 is 1.18 bits per heavy atom. The molecule has 0 radical (unpaired) electrons. The van der Waals surface area contributed by atoms with E-state index in [9.17, 15) is 9.59 Å². The molecule has 0 aliphatic heterocycles. The summed E-state index contributed by atoms with van der Waals surface area (Å²) in [5, 5.41) is 2.84. The summed E-state index contributed by atoms with van der Waals surface area (Å²) in [7, 11) is 1.67. The fourth-order valence-electron chi connectivity index (χ4n) is 1.77. The third kappa shape index (κ3) is 7.11. The third-order valence-electron chi connectivity index (χ3n) is 2.94. The Bertz CT molecular complexity index is 504. The van der Waals surface area contributed by atoms with E-state index in [-0.39, 0.29) is 12.0 Å². The molecule has 0 spiro atoms. The second-order valence-electron chi connectivity index (χ2n) is 6.42. The first kappa shape index (κ1) is 18.0. The van der Waals surface area contributed by atoms with Crippen LogP contribution in [-0.4, -0.2) is 36.1 Å². The quantitative estimate of drug-likeness (QED) is 0.904. The Balaban J connectivity index is 2.30. The summed E-state index contributed by atoms with van der Waals surface area (Å²) in [6.07, 6.45) is 0.584. The molecule has 0 fully saturated rings. The summed E-state index contributed by atoms with van der Waals surface area (Å²) in [6, 6.07) is 7.65. The summed E-state index contributed by atoms with van der Waals surface area (Å²) < 4.78 is 5.25. The minimum atomic E-state index is -0.506. The van der Waals surface area contributed by atoms with Crippen molar-refractivity contribution in [3.63, 3.8) is 0 Å². The van der Waals surface area contributed by atoms with Crippen molar-refractivity contribution in [1.29, 1.82) is 0 Å². The van der Waals surface area contributed by atoms with E-state index in [2.05, 4.69) is 5.32 Å². The topological polar surface area (TPSA) is 58.6 Å². The predicted octanol–water partition coefficient (Wildman–Crippen LogP) is 3.58. The molecule has 1 rings (SSSR count). The lowest BCUT2D eigenvalue weighted by molar-refractivity contribution is -0.116. The lowest BCUT2D eigenvalue weighted by Gasteiger charge is -2.24. The fourth-order valence-corrected chi connectivity index (χ4v) is 1.77. The van der Waals surface area contributed by atoms with E-state index in [0.717, 1.165) is 11.3 Å². The van der Waals surface area contributed by atoms with E-state index in [1.165, 1.54) is 4.90 Å². The summed E-state index contributed by atoms with van der Waals surface area (Å²) >= 11 is 0. The Hall–Kier alpha value is -2.04. The van der Waals surface area contributed by atoms with Gasteiger partial charge in [-0.05, 0) is 46.2 Å². The second kappa shape index (κ2) is 7.82. The molecule has 0 heterocycles. The van der Waals surface area contributed by atoms with Crippen molar-refractivity contribution in [2.45, 2.75) is 46.1 Å². The van der Waals surface area contributed by atoms with Crippen LogP contribution in [-0.2, 0) is 9.53 Å². The highest BCUT2D eigenvalue weighted by molar-refractivity contribution is 5.90. The Morgan fingerprint density at radius 2 is 1.77 bits per heavy atom. The second-order valence-corrected chi connectivity index (χ2v) is 6.42. The van der Waals surface area contributed by atoms with E-state index in [0.29, 0.717) is 19.4 Å². The molecule has 0 aliphatic rings. The molecule has 122 valence electrons. The Kier molecular flexibility index (Phi) is 6.40. The maximum atomic E-state index is 11.8. The van der Waals surface area contributed by atoms with Gasteiger partial charge < -0.3 is 15.0 Å². The monoisotopic (exact) mass is 306 g/mol. The SMILES string of the molecule is Cc1ccc(NC(=O)CCCN(C)C(=O)OC(C)(C)C)cc1. The molecule has 22 heavy (non-hydrogen) atoms. The number of rotatable bonds is 5. The van der Waals surface area contributed by atoms with Gasteiger partial charge in [0.25, 0.3) is 0 Å². The first-order valence-corrected chi connectivity index (χ1v) is 7.48. The zero-order valence-corrected chi connectivity index (χ0v) is 14.1. The minimum absolute atomic E-state index is 0.0542. The number of ether oxygens (including phenoxy) is 1. The van der Waals surface area contributed by atoms with Gasteiger partial charge in [-0.2, -0.15) is 0 Å². The molecular weight excluding hydrogens is 280 g/mol. The average Bonchev–Trinajstić information content (AvgIpc) is 2.39. The van der Waals surface area contributed by atoms with Gasteiger partial charge in [-0.1, -0.05) is 17.7 Å². The fraction of sp³-hybridized carbons (Fsp3) is 0.529. The normalized spacial score (nSPS) is 11.0. The maximum Gasteiger partial charge on any atom is 0.410 e. The van der Waals surface area contributed by atoms with Gasteiger partial charge in [-0.3, -0.25) is 4.79 Å². The molecule has 1 N–H and O–H groups in total. The van der Waals surface area contributed by atoms with Crippen LogP contribution >= 0.6 is 0 Å². The predicted molar refractivity (Wildman–Crippen MR) is 87.9 cm³/mol. The van der Waals surface area contributed by atoms with Gasteiger partial charge >= 0.3 is 6.09 Å². The van der Waals surface area contributed by atoms with Gasteiger partial charge in [0.15, 0.2) is 0 Å². The molecule has 0 unspecified atom stereocenters. The number of hydrogen-bond donors (Lipinski definition) is 1. The first-order valence-electron chi connectivity index (χ1n) is 7.48. The van der Waals surface area contributed by atoms with Crippen molar-refractivity contribution in [3.8, 4) is 0 Å². The van der Waals surface area contributed by atoms with Crippen LogP contribution in [0.4, 0.5) is 10.5 Å². The molecule has 5 nitrogen and oxygen atoms in total. The number of anilines is 1. The zero-order valence-electron chi connectivity index (χ0n) is 14.1. The van der Waals surface area contributed by atoms with Gasteiger partial charge in [0, 0.05) is 25.7 Å². The molecule has 0 saturated carbocycles. The van der Waals surface area contributed by atoms with Gasteiger partial charge in [0.2, 0.25) is 5.91 Å². The molecular formula is C17H26N2O3. The van der Waals surface area contributed by atoms with Crippen LogP contribution in [0, 0.1) is 6.92 Å². The van der Waals surface area contributed by atoms with E-state index < -0.39 is 5.60 Å². The maximum absolute atomic E-state index is 11.8.